The molecule has 140 valence electrons. The van der Waals surface area contributed by atoms with Crippen LogP contribution < -0.4 is 5.32 Å². The lowest BCUT2D eigenvalue weighted by Gasteiger charge is -2.23. The van der Waals surface area contributed by atoms with E-state index in [1.54, 1.807) is 0 Å². The van der Waals surface area contributed by atoms with E-state index in [0.29, 0.717) is 24.3 Å². The molecule has 1 fully saturated rings. The summed E-state index contributed by atoms with van der Waals surface area (Å²) in [5.74, 6) is 0. The van der Waals surface area contributed by atoms with E-state index in [2.05, 4.69) is 36.5 Å². The molecule has 2 unspecified atom stereocenters. The molecule has 0 spiro atoms. The van der Waals surface area contributed by atoms with Crippen molar-refractivity contribution in [3.8, 4) is 0 Å². The second-order valence-corrected chi connectivity index (χ2v) is 7.71. The number of benzene rings is 2. The molecule has 2 aromatic rings. The molecular weight excluding hydrogens is 378 g/mol. The Kier molecular flexibility index (Phi) is 5.32. The Morgan fingerprint density at radius 2 is 2.15 bits per heavy atom. The van der Waals surface area contributed by atoms with Crippen molar-refractivity contribution in [2.24, 2.45) is 4.99 Å². The Labute approximate surface area is 170 Å². The fourth-order valence-corrected chi connectivity index (χ4v) is 4.17. The van der Waals surface area contributed by atoms with Gasteiger partial charge in [-0.25, -0.2) is 4.99 Å². The first-order valence-corrected chi connectivity index (χ1v) is 10.0. The lowest BCUT2D eigenvalue weighted by atomic mass is 10.1. The standard InChI is InChI=1S/C21H22ClN3OS/c1-14(16-6-4-7-17(22)13-16)23-21(27)25-11-12-26-20(25)24-19-10-9-15-5-2-3-8-18(15)19/h2-8,13-14,19H,9-12H2,1H3,(H,23,27). The molecule has 1 heterocycles. The van der Waals surface area contributed by atoms with Gasteiger partial charge in [-0.2, -0.15) is 0 Å². The summed E-state index contributed by atoms with van der Waals surface area (Å²) in [5.41, 5.74) is 3.77. The molecule has 4 nitrogen and oxygen atoms in total. The number of ether oxygens (including phenoxy) is 1. The van der Waals surface area contributed by atoms with Crippen molar-refractivity contribution in [3.05, 3.63) is 70.2 Å². The van der Waals surface area contributed by atoms with Gasteiger partial charge < -0.3 is 10.1 Å². The van der Waals surface area contributed by atoms with Gasteiger partial charge in [0, 0.05) is 5.02 Å². The van der Waals surface area contributed by atoms with Crippen LogP contribution in [0.25, 0.3) is 0 Å². The highest BCUT2D eigenvalue weighted by Gasteiger charge is 2.29. The summed E-state index contributed by atoms with van der Waals surface area (Å²) in [6.07, 6.45) is 2.07. The van der Waals surface area contributed by atoms with Crippen molar-refractivity contribution in [2.45, 2.75) is 31.8 Å². The van der Waals surface area contributed by atoms with Gasteiger partial charge in [-0.1, -0.05) is 48.0 Å². The van der Waals surface area contributed by atoms with Gasteiger partial charge in [0.25, 0.3) is 6.02 Å². The Balaban J connectivity index is 1.47. The van der Waals surface area contributed by atoms with Crippen LogP contribution in [-0.4, -0.2) is 29.2 Å². The van der Waals surface area contributed by atoms with E-state index >= 15 is 0 Å². The molecule has 1 aliphatic carbocycles. The monoisotopic (exact) mass is 399 g/mol. The zero-order valence-electron chi connectivity index (χ0n) is 15.2. The van der Waals surface area contributed by atoms with Gasteiger partial charge in [0.2, 0.25) is 0 Å². The van der Waals surface area contributed by atoms with E-state index in [-0.39, 0.29) is 12.1 Å². The molecule has 1 N–H and O–H groups in total. The summed E-state index contributed by atoms with van der Waals surface area (Å²) in [5, 5.41) is 4.73. The van der Waals surface area contributed by atoms with Gasteiger partial charge in [-0.3, -0.25) is 4.90 Å². The molecule has 6 heteroatoms. The number of amidine groups is 1. The van der Waals surface area contributed by atoms with Crippen LogP contribution in [0.3, 0.4) is 0 Å². The Hall–Kier alpha value is -2.11. The lowest BCUT2D eigenvalue weighted by Crippen LogP contribution is -2.42. The quantitative estimate of drug-likeness (QED) is 0.762. The summed E-state index contributed by atoms with van der Waals surface area (Å²) in [6.45, 7) is 3.38. The maximum Gasteiger partial charge on any atom is 0.294 e. The van der Waals surface area contributed by atoms with Crippen LogP contribution in [0.1, 0.15) is 42.1 Å². The molecule has 2 aromatic carbocycles. The highest BCUT2D eigenvalue weighted by Crippen LogP contribution is 2.34. The molecule has 4 rings (SSSR count). The van der Waals surface area contributed by atoms with Gasteiger partial charge in [0.15, 0.2) is 5.11 Å². The highest BCUT2D eigenvalue weighted by molar-refractivity contribution is 7.80. The summed E-state index contributed by atoms with van der Waals surface area (Å²) in [7, 11) is 0. The second kappa shape index (κ2) is 7.87. The average Bonchev–Trinajstić information content (AvgIpc) is 3.29. The molecule has 2 atom stereocenters. The van der Waals surface area contributed by atoms with Crippen molar-refractivity contribution in [2.75, 3.05) is 13.2 Å². The van der Waals surface area contributed by atoms with Crippen LogP contribution in [0, 0.1) is 0 Å². The van der Waals surface area contributed by atoms with Gasteiger partial charge in [0.05, 0.1) is 18.6 Å². The Bertz CT molecular complexity index is 885. The van der Waals surface area contributed by atoms with E-state index in [9.17, 15) is 0 Å². The first-order chi connectivity index (χ1) is 13.1. The smallest absolute Gasteiger partial charge is 0.294 e. The van der Waals surface area contributed by atoms with Crippen molar-refractivity contribution in [3.63, 3.8) is 0 Å². The van der Waals surface area contributed by atoms with Crippen LogP contribution in [0.2, 0.25) is 5.02 Å². The number of nitrogens with zero attached hydrogens (tertiary/aromatic N) is 2. The fourth-order valence-electron chi connectivity index (χ4n) is 3.62. The molecule has 0 aromatic heterocycles. The van der Waals surface area contributed by atoms with Crippen LogP contribution in [0.5, 0.6) is 0 Å². The van der Waals surface area contributed by atoms with Crippen LogP contribution in [0.15, 0.2) is 53.5 Å². The lowest BCUT2D eigenvalue weighted by molar-refractivity contribution is 0.348. The molecule has 0 bridgehead atoms. The minimum Gasteiger partial charge on any atom is -0.463 e. The number of aryl methyl sites for hydroxylation is 1. The van der Waals surface area contributed by atoms with Crippen molar-refractivity contribution in [1.29, 1.82) is 0 Å². The third-order valence-corrected chi connectivity index (χ3v) is 5.65. The largest absolute Gasteiger partial charge is 0.463 e. The Morgan fingerprint density at radius 3 is 3.00 bits per heavy atom. The molecule has 27 heavy (non-hydrogen) atoms. The topological polar surface area (TPSA) is 36.9 Å². The average molecular weight is 400 g/mol. The molecule has 0 amide bonds. The van der Waals surface area contributed by atoms with E-state index in [1.165, 1.54) is 11.1 Å². The molecule has 0 saturated carbocycles. The van der Waals surface area contributed by atoms with Crippen molar-refractivity contribution >= 4 is 35.0 Å². The predicted molar refractivity (Wildman–Crippen MR) is 113 cm³/mol. The first-order valence-electron chi connectivity index (χ1n) is 9.24. The maximum atomic E-state index is 6.10. The number of hydrogen-bond acceptors (Lipinski definition) is 3. The van der Waals surface area contributed by atoms with Gasteiger partial charge in [-0.15, -0.1) is 0 Å². The number of rotatable bonds is 3. The highest BCUT2D eigenvalue weighted by atomic mass is 35.5. The van der Waals surface area contributed by atoms with Gasteiger partial charge >= 0.3 is 0 Å². The molecule has 1 saturated heterocycles. The third-order valence-electron chi connectivity index (χ3n) is 5.08. The molecular formula is C21H22ClN3OS. The van der Waals surface area contributed by atoms with E-state index in [4.69, 9.17) is 33.5 Å². The summed E-state index contributed by atoms with van der Waals surface area (Å²) >= 11 is 11.7. The number of nitrogens with one attached hydrogen (secondary N) is 1. The zero-order chi connectivity index (χ0) is 18.8. The zero-order valence-corrected chi connectivity index (χ0v) is 16.8. The van der Waals surface area contributed by atoms with Crippen molar-refractivity contribution in [1.82, 2.24) is 10.2 Å². The molecule has 1 aliphatic heterocycles. The maximum absolute atomic E-state index is 6.10. The first kappa shape index (κ1) is 18.3. The number of fused-ring (bicyclic) bond motifs is 1. The number of hydrogen-bond donors (Lipinski definition) is 1. The number of aliphatic imine (C=N–C) groups is 1. The summed E-state index contributed by atoms with van der Waals surface area (Å²) in [6, 6.07) is 17.1. The van der Waals surface area contributed by atoms with Crippen LogP contribution in [-0.2, 0) is 11.2 Å². The van der Waals surface area contributed by atoms with E-state index in [1.807, 2.05) is 29.2 Å². The molecule has 2 aliphatic rings. The summed E-state index contributed by atoms with van der Waals surface area (Å²) < 4.78 is 5.80. The SMILES string of the molecule is CC(NC(=S)N1CCOC1=NC1CCc2ccccc21)c1cccc(Cl)c1. The van der Waals surface area contributed by atoms with E-state index in [0.717, 1.165) is 23.4 Å². The number of thiocarbonyl (C=S) groups is 1. The minimum absolute atomic E-state index is 0.0465. The Morgan fingerprint density at radius 1 is 1.30 bits per heavy atom. The van der Waals surface area contributed by atoms with Crippen LogP contribution >= 0.6 is 23.8 Å². The molecule has 0 radical (unpaired) electrons. The minimum atomic E-state index is 0.0465. The fraction of sp³-hybridized carbons (Fsp3) is 0.333. The van der Waals surface area contributed by atoms with Gasteiger partial charge in [-0.05, 0) is 60.8 Å². The normalized spacial score (nSPS) is 21.0. The number of halogens is 1. The third kappa shape index (κ3) is 3.94. The summed E-state index contributed by atoms with van der Waals surface area (Å²) in [4.78, 5) is 6.84. The van der Waals surface area contributed by atoms with Gasteiger partial charge in [0.1, 0.15) is 6.61 Å². The second-order valence-electron chi connectivity index (χ2n) is 6.89. The van der Waals surface area contributed by atoms with E-state index < -0.39 is 0 Å². The van der Waals surface area contributed by atoms with Crippen LogP contribution in [0.4, 0.5) is 0 Å². The predicted octanol–water partition coefficient (Wildman–Crippen LogP) is 4.65. The van der Waals surface area contributed by atoms with Crippen molar-refractivity contribution < 1.29 is 4.74 Å².